The molecule has 2 aliphatic heterocycles. The summed E-state index contributed by atoms with van der Waals surface area (Å²) < 4.78 is 17.9. The third kappa shape index (κ3) is 2.76. The van der Waals surface area contributed by atoms with Crippen LogP contribution in [0.1, 0.15) is 50.4 Å². The maximum atomic E-state index is 6.30. The molecule has 2 aliphatic rings. The Balaban J connectivity index is 1.79. The smallest absolute Gasteiger partial charge is 0.229 e. The summed E-state index contributed by atoms with van der Waals surface area (Å²) in [5.74, 6) is 1.12. The van der Waals surface area contributed by atoms with E-state index in [0.717, 1.165) is 47.5 Å². The quantitative estimate of drug-likeness (QED) is 0.671. The van der Waals surface area contributed by atoms with Gasteiger partial charge in [0.25, 0.3) is 0 Å². The van der Waals surface area contributed by atoms with Gasteiger partial charge in [-0.25, -0.2) is 15.0 Å². The number of nitrogens with zero attached hydrogens (tertiary/aromatic N) is 4. The van der Waals surface area contributed by atoms with Gasteiger partial charge >= 0.3 is 0 Å². The van der Waals surface area contributed by atoms with Crippen LogP contribution < -0.4 is 4.90 Å². The number of anilines is 1. The van der Waals surface area contributed by atoms with Crippen molar-refractivity contribution in [1.82, 2.24) is 15.0 Å². The number of aromatic nitrogens is 3. The van der Waals surface area contributed by atoms with Crippen molar-refractivity contribution in [2.75, 3.05) is 31.2 Å². The van der Waals surface area contributed by atoms with Gasteiger partial charge in [-0.3, -0.25) is 0 Å². The lowest BCUT2D eigenvalue weighted by atomic mass is 9.87. The number of hydrogen-bond donors (Lipinski definition) is 0. The SMILES string of the molecule is CC(C)c1nc2oc3c(N4CCOCC4)ncnc3c2c2c1COC(C)(C)C2. The van der Waals surface area contributed by atoms with E-state index in [-0.39, 0.29) is 5.60 Å². The first-order chi connectivity index (χ1) is 13.4. The molecule has 7 heteroatoms. The molecule has 5 heterocycles. The van der Waals surface area contributed by atoms with Gasteiger partial charge in [-0.05, 0) is 25.3 Å². The summed E-state index contributed by atoms with van der Waals surface area (Å²) >= 11 is 0. The van der Waals surface area contributed by atoms with Gasteiger partial charge in [-0.15, -0.1) is 0 Å². The highest BCUT2D eigenvalue weighted by Crippen LogP contribution is 2.41. The standard InChI is InChI=1S/C21H26N4O3/c1-12(2)16-14-10-27-21(3,4)9-13(14)15-17-18(28-20(15)24-16)19(23-11-22-17)25-5-7-26-8-6-25/h11-12H,5-10H2,1-4H3. The minimum Gasteiger partial charge on any atom is -0.432 e. The first kappa shape index (κ1) is 17.8. The van der Waals surface area contributed by atoms with Crippen LogP contribution >= 0.6 is 0 Å². The third-order valence-electron chi connectivity index (χ3n) is 5.70. The van der Waals surface area contributed by atoms with Gasteiger partial charge in [0.2, 0.25) is 5.71 Å². The van der Waals surface area contributed by atoms with Crippen molar-refractivity contribution in [3.05, 3.63) is 23.1 Å². The first-order valence-electron chi connectivity index (χ1n) is 10.00. The van der Waals surface area contributed by atoms with Crippen molar-refractivity contribution in [3.8, 4) is 0 Å². The second-order valence-electron chi connectivity index (χ2n) is 8.59. The van der Waals surface area contributed by atoms with E-state index in [9.17, 15) is 0 Å². The number of rotatable bonds is 2. The number of pyridine rings is 1. The molecular weight excluding hydrogens is 356 g/mol. The van der Waals surface area contributed by atoms with Gasteiger partial charge < -0.3 is 18.8 Å². The van der Waals surface area contributed by atoms with E-state index >= 15 is 0 Å². The van der Waals surface area contributed by atoms with Crippen molar-refractivity contribution in [3.63, 3.8) is 0 Å². The van der Waals surface area contributed by atoms with Crippen molar-refractivity contribution in [1.29, 1.82) is 0 Å². The second-order valence-corrected chi connectivity index (χ2v) is 8.59. The molecule has 3 aromatic rings. The maximum Gasteiger partial charge on any atom is 0.229 e. The first-order valence-corrected chi connectivity index (χ1v) is 10.00. The van der Waals surface area contributed by atoms with E-state index in [1.807, 2.05) is 0 Å². The Kier molecular flexibility index (Phi) is 4.07. The van der Waals surface area contributed by atoms with E-state index in [2.05, 4.69) is 42.6 Å². The monoisotopic (exact) mass is 382 g/mol. The summed E-state index contributed by atoms with van der Waals surface area (Å²) in [6.07, 6.45) is 2.45. The molecule has 7 nitrogen and oxygen atoms in total. The summed E-state index contributed by atoms with van der Waals surface area (Å²) in [6.45, 7) is 12.2. The fourth-order valence-corrected chi connectivity index (χ4v) is 4.30. The predicted octanol–water partition coefficient (Wildman–Crippen LogP) is 3.58. The van der Waals surface area contributed by atoms with E-state index in [0.29, 0.717) is 31.5 Å². The van der Waals surface area contributed by atoms with E-state index in [4.69, 9.17) is 18.9 Å². The van der Waals surface area contributed by atoms with Crippen LogP contribution in [0.3, 0.4) is 0 Å². The van der Waals surface area contributed by atoms with Crippen molar-refractivity contribution in [2.45, 2.75) is 52.2 Å². The molecule has 0 aliphatic carbocycles. The van der Waals surface area contributed by atoms with Crippen LogP contribution in [0, 0.1) is 0 Å². The normalized spacial score (nSPS) is 19.5. The molecule has 28 heavy (non-hydrogen) atoms. The van der Waals surface area contributed by atoms with E-state index in [1.165, 1.54) is 11.1 Å². The minimum atomic E-state index is -0.223. The zero-order valence-corrected chi connectivity index (χ0v) is 16.9. The van der Waals surface area contributed by atoms with Gasteiger partial charge in [-0.1, -0.05) is 13.8 Å². The largest absolute Gasteiger partial charge is 0.432 e. The molecule has 148 valence electrons. The van der Waals surface area contributed by atoms with Crippen LogP contribution in [0.2, 0.25) is 0 Å². The average Bonchev–Trinajstić information content (AvgIpc) is 3.06. The van der Waals surface area contributed by atoms with Gasteiger partial charge in [0.1, 0.15) is 11.8 Å². The molecule has 0 spiro atoms. The van der Waals surface area contributed by atoms with Gasteiger partial charge in [0.05, 0.1) is 36.5 Å². The van der Waals surface area contributed by atoms with Crippen LogP contribution in [0.15, 0.2) is 10.7 Å². The molecule has 1 fully saturated rings. The Morgan fingerprint density at radius 1 is 1.11 bits per heavy atom. The summed E-state index contributed by atoms with van der Waals surface area (Å²) in [6, 6.07) is 0. The van der Waals surface area contributed by atoms with Gasteiger partial charge in [-0.2, -0.15) is 0 Å². The predicted molar refractivity (Wildman–Crippen MR) is 107 cm³/mol. The fourth-order valence-electron chi connectivity index (χ4n) is 4.30. The molecule has 5 rings (SSSR count). The Bertz CT molecular complexity index is 1050. The topological polar surface area (TPSA) is 73.5 Å². The summed E-state index contributed by atoms with van der Waals surface area (Å²) in [7, 11) is 0. The van der Waals surface area contributed by atoms with Crippen LogP contribution in [0.5, 0.6) is 0 Å². The molecule has 0 amide bonds. The van der Waals surface area contributed by atoms with Crippen molar-refractivity contribution < 1.29 is 13.9 Å². The Labute approximate surface area is 164 Å². The molecule has 0 bridgehead atoms. The molecule has 0 aromatic carbocycles. The molecule has 0 unspecified atom stereocenters. The number of fused-ring (bicyclic) bond motifs is 5. The Hall–Kier alpha value is -2.25. The van der Waals surface area contributed by atoms with Crippen LogP contribution in [-0.4, -0.2) is 46.9 Å². The number of furan rings is 1. The maximum absolute atomic E-state index is 6.30. The second kappa shape index (κ2) is 6.39. The zero-order valence-electron chi connectivity index (χ0n) is 16.9. The molecule has 1 saturated heterocycles. The summed E-state index contributed by atoms with van der Waals surface area (Å²) in [4.78, 5) is 16.3. The molecule has 0 atom stereocenters. The Morgan fingerprint density at radius 3 is 2.64 bits per heavy atom. The zero-order chi connectivity index (χ0) is 19.5. The number of hydrogen-bond acceptors (Lipinski definition) is 7. The van der Waals surface area contributed by atoms with E-state index < -0.39 is 0 Å². The third-order valence-corrected chi connectivity index (χ3v) is 5.70. The van der Waals surface area contributed by atoms with Crippen molar-refractivity contribution >= 4 is 28.0 Å². The summed E-state index contributed by atoms with van der Waals surface area (Å²) in [5, 5.41) is 1.02. The highest BCUT2D eigenvalue weighted by molar-refractivity contribution is 6.06. The highest BCUT2D eigenvalue weighted by atomic mass is 16.5. The van der Waals surface area contributed by atoms with Crippen LogP contribution in [0.4, 0.5) is 5.82 Å². The lowest BCUT2D eigenvalue weighted by Crippen LogP contribution is -2.36. The molecule has 0 radical (unpaired) electrons. The molecule has 0 N–H and O–H groups in total. The van der Waals surface area contributed by atoms with Crippen LogP contribution in [-0.2, 0) is 22.5 Å². The molecular formula is C21H26N4O3. The van der Waals surface area contributed by atoms with Gasteiger partial charge in [0.15, 0.2) is 11.4 Å². The van der Waals surface area contributed by atoms with E-state index in [1.54, 1.807) is 6.33 Å². The number of morpholine rings is 1. The summed E-state index contributed by atoms with van der Waals surface area (Å²) in [5.41, 5.74) is 5.51. The lowest BCUT2D eigenvalue weighted by molar-refractivity contribution is -0.0402. The molecule has 0 saturated carbocycles. The minimum absolute atomic E-state index is 0.223. The van der Waals surface area contributed by atoms with Gasteiger partial charge in [0, 0.05) is 25.1 Å². The molecule has 3 aromatic heterocycles. The average molecular weight is 382 g/mol. The number of ether oxygens (including phenoxy) is 2. The fraction of sp³-hybridized carbons (Fsp3) is 0.571. The van der Waals surface area contributed by atoms with Crippen LogP contribution in [0.25, 0.3) is 22.2 Å². The lowest BCUT2D eigenvalue weighted by Gasteiger charge is -2.33. The van der Waals surface area contributed by atoms with Crippen molar-refractivity contribution in [2.24, 2.45) is 0 Å². The Morgan fingerprint density at radius 2 is 1.89 bits per heavy atom. The highest BCUT2D eigenvalue weighted by Gasteiger charge is 2.33.